The number of nitrogens with zero attached hydrogens (tertiary/aromatic N) is 2. The van der Waals surface area contributed by atoms with E-state index >= 15 is 0 Å². The number of esters is 1. The minimum atomic E-state index is -0.653. The largest absolute Gasteiger partial charge is 0.462 e. The molecule has 1 aliphatic heterocycles. The molecule has 6 nitrogen and oxygen atoms in total. The summed E-state index contributed by atoms with van der Waals surface area (Å²) in [6.45, 7) is 1.96. The van der Waals surface area contributed by atoms with Crippen molar-refractivity contribution in [1.29, 1.82) is 5.26 Å². The molecule has 0 bridgehead atoms. The van der Waals surface area contributed by atoms with E-state index in [9.17, 15) is 9.59 Å². The molecule has 1 aliphatic rings. The molecular weight excluding hydrogens is 306 g/mol. The lowest BCUT2D eigenvalue weighted by Gasteiger charge is -2.26. The van der Waals surface area contributed by atoms with Crippen LogP contribution in [0.5, 0.6) is 0 Å². The lowest BCUT2D eigenvalue weighted by atomic mass is 9.99. The Hall–Kier alpha value is -3.33. The molecule has 0 aliphatic carbocycles. The molecule has 1 aromatic rings. The minimum absolute atomic E-state index is 0.0723. The van der Waals surface area contributed by atoms with E-state index in [4.69, 9.17) is 15.7 Å². The molecule has 0 radical (unpaired) electrons. The number of hydrogen-bond donors (Lipinski definition) is 1. The van der Waals surface area contributed by atoms with Crippen molar-refractivity contribution in [3.63, 3.8) is 0 Å². The summed E-state index contributed by atoms with van der Waals surface area (Å²) in [5.74, 6) is -1.09. The number of amides is 1. The molecule has 1 heterocycles. The third kappa shape index (κ3) is 3.90. The third-order valence-corrected chi connectivity index (χ3v) is 3.33. The number of anilines is 1. The minimum Gasteiger partial charge on any atom is -0.462 e. The lowest BCUT2D eigenvalue weighted by molar-refractivity contribution is -0.138. The van der Waals surface area contributed by atoms with Crippen molar-refractivity contribution in [3.8, 4) is 6.07 Å². The molecule has 2 rings (SSSR count). The average Bonchev–Trinajstić information content (AvgIpc) is 2.57. The predicted octanol–water partition coefficient (Wildman–Crippen LogP) is 1.90. The van der Waals surface area contributed by atoms with E-state index in [1.807, 2.05) is 30.3 Å². The number of nitrogens with two attached hydrogens (primary N) is 1. The molecule has 0 fully saturated rings. The maximum absolute atomic E-state index is 11.6. The van der Waals surface area contributed by atoms with Crippen LogP contribution in [0, 0.1) is 11.3 Å². The summed E-state index contributed by atoms with van der Waals surface area (Å²) in [4.78, 5) is 24.6. The Balaban J connectivity index is 2.37. The second-order valence-electron chi connectivity index (χ2n) is 4.96. The van der Waals surface area contributed by atoms with Crippen LogP contribution < -0.4 is 10.6 Å². The Morgan fingerprint density at radius 3 is 2.79 bits per heavy atom. The maximum atomic E-state index is 11.6. The molecule has 122 valence electrons. The first-order valence-electron chi connectivity index (χ1n) is 7.38. The fraction of sp³-hybridized carbons (Fsp3) is 0.167. The zero-order valence-electron chi connectivity index (χ0n) is 13.2. The van der Waals surface area contributed by atoms with Gasteiger partial charge in [-0.2, -0.15) is 5.26 Å². The monoisotopic (exact) mass is 323 g/mol. The molecule has 0 saturated heterocycles. The van der Waals surface area contributed by atoms with Gasteiger partial charge >= 0.3 is 5.97 Å². The molecule has 0 saturated carbocycles. The Bertz CT molecular complexity index is 785. The number of benzene rings is 1. The van der Waals surface area contributed by atoms with Crippen LogP contribution in [0.15, 0.2) is 54.3 Å². The van der Waals surface area contributed by atoms with E-state index in [2.05, 4.69) is 0 Å². The first-order chi connectivity index (χ1) is 11.6. The number of carbonyl (C=O) groups excluding carboxylic acids is 2. The van der Waals surface area contributed by atoms with E-state index in [1.165, 1.54) is 6.08 Å². The number of allylic oxidation sites excluding steroid dienone is 4. The Morgan fingerprint density at radius 1 is 1.38 bits per heavy atom. The van der Waals surface area contributed by atoms with Crippen LogP contribution in [-0.2, 0) is 14.3 Å². The topological polar surface area (TPSA) is 96.4 Å². The summed E-state index contributed by atoms with van der Waals surface area (Å²) >= 11 is 0. The van der Waals surface area contributed by atoms with Gasteiger partial charge < -0.3 is 15.4 Å². The maximum Gasteiger partial charge on any atom is 0.348 e. The van der Waals surface area contributed by atoms with Gasteiger partial charge in [0.15, 0.2) is 0 Å². The van der Waals surface area contributed by atoms with Crippen LogP contribution in [0.2, 0.25) is 0 Å². The van der Waals surface area contributed by atoms with Crippen LogP contribution >= 0.6 is 0 Å². The smallest absolute Gasteiger partial charge is 0.348 e. The molecule has 0 atom stereocenters. The van der Waals surface area contributed by atoms with Crippen LogP contribution in [0.25, 0.3) is 5.57 Å². The van der Waals surface area contributed by atoms with E-state index < -0.39 is 11.9 Å². The lowest BCUT2D eigenvalue weighted by Crippen LogP contribution is -2.31. The molecular formula is C18H17N3O3. The highest BCUT2D eigenvalue weighted by atomic mass is 16.5. The van der Waals surface area contributed by atoms with E-state index in [1.54, 1.807) is 30.2 Å². The molecule has 6 heteroatoms. The van der Waals surface area contributed by atoms with Crippen molar-refractivity contribution in [1.82, 2.24) is 0 Å². The number of para-hydroxylation sites is 1. The van der Waals surface area contributed by atoms with Gasteiger partial charge in [-0.05, 0) is 30.7 Å². The highest BCUT2D eigenvalue weighted by Crippen LogP contribution is 2.32. The summed E-state index contributed by atoms with van der Waals surface area (Å²) in [6, 6.07) is 9.32. The standard InChI is InChI=1S/C18H17N3O3/c1-2-24-18(23)14(11-19)8-7-13-9-10-21(12-17(20)22)16-6-4-3-5-15(13)16/h3-10H,2,12H2,1H3,(H2,20,22)/b13-7?,14-8+. The van der Waals surface area contributed by atoms with Gasteiger partial charge in [-0.15, -0.1) is 0 Å². The van der Waals surface area contributed by atoms with Gasteiger partial charge in [0.05, 0.1) is 6.61 Å². The summed E-state index contributed by atoms with van der Waals surface area (Å²) in [7, 11) is 0. The molecule has 0 unspecified atom stereocenters. The van der Waals surface area contributed by atoms with Gasteiger partial charge in [0.25, 0.3) is 0 Å². The van der Waals surface area contributed by atoms with Crippen molar-refractivity contribution in [2.45, 2.75) is 6.92 Å². The molecule has 2 N–H and O–H groups in total. The van der Waals surface area contributed by atoms with Gasteiger partial charge in [0.1, 0.15) is 18.2 Å². The summed E-state index contributed by atoms with van der Waals surface area (Å²) in [5, 5.41) is 9.06. The second-order valence-corrected chi connectivity index (χ2v) is 4.96. The number of primary amides is 1. The molecule has 0 aromatic heterocycles. The quantitative estimate of drug-likeness (QED) is 0.507. The van der Waals surface area contributed by atoms with Crippen molar-refractivity contribution in [3.05, 3.63) is 59.8 Å². The van der Waals surface area contributed by atoms with Crippen LogP contribution in [0.3, 0.4) is 0 Å². The zero-order valence-corrected chi connectivity index (χ0v) is 13.2. The van der Waals surface area contributed by atoms with Crippen molar-refractivity contribution in [2.75, 3.05) is 18.1 Å². The predicted molar refractivity (Wildman–Crippen MR) is 90.4 cm³/mol. The zero-order chi connectivity index (χ0) is 17.5. The highest BCUT2D eigenvalue weighted by Gasteiger charge is 2.17. The fourth-order valence-corrected chi connectivity index (χ4v) is 2.29. The van der Waals surface area contributed by atoms with Crippen LogP contribution in [0.4, 0.5) is 5.69 Å². The van der Waals surface area contributed by atoms with Crippen LogP contribution in [0.1, 0.15) is 12.5 Å². The Kier molecular flexibility index (Phi) is 5.53. The first-order valence-corrected chi connectivity index (χ1v) is 7.38. The van der Waals surface area contributed by atoms with E-state index in [0.717, 1.165) is 16.8 Å². The van der Waals surface area contributed by atoms with E-state index in [0.29, 0.717) is 0 Å². The SMILES string of the molecule is CCOC(=O)/C(C#N)=C/C=C1C=CN(CC(N)=O)c2ccccc21. The molecule has 1 aromatic carbocycles. The number of fused-ring (bicyclic) bond motifs is 1. The van der Waals surface area contributed by atoms with Crippen molar-refractivity contribution >= 4 is 23.1 Å². The average molecular weight is 323 g/mol. The first kappa shape index (κ1) is 17.0. The number of ether oxygens (including phenoxy) is 1. The third-order valence-electron chi connectivity index (χ3n) is 3.33. The molecule has 24 heavy (non-hydrogen) atoms. The summed E-state index contributed by atoms with van der Waals surface area (Å²) in [5.41, 5.74) is 7.70. The van der Waals surface area contributed by atoms with Crippen LogP contribution in [-0.4, -0.2) is 25.0 Å². The molecule has 1 amide bonds. The van der Waals surface area contributed by atoms with Gasteiger partial charge in [-0.1, -0.05) is 24.3 Å². The number of nitriles is 1. The highest BCUT2D eigenvalue weighted by molar-refractivity contribution is 5.94. The van der Waals surface area contributed by atoms with Gasteiger partial charge in [-0.25, -0.2) is 4.79 Å². The summed E-state index contributed by atoms with van der Waals surface area (Å²) in [6.07, 6.45) is 6.63. The number of hydrogen-bond acceptors (Lipinski definition) is 5. The van der Waals surface area contributed by atoms with Gasteiger partial charge in [-0.3, -0.25) is 4.79 Å². The number of rotatable bonds is 5. The van der Waals surface area contributed by atoms with Crippen molar-refractivity contribution in [2.24, 2.45) is 5.73 Å². The Morgan fingerprint density at radius 2 is 2.12 bits per heavy atom. The van der Waals surface area contributed by atoms with Gasteiger partial charge in [0, 0.05) is 17.5 Å². The summed E-state index contributed by atoms with van der Waals surface area (Å²) < 4.78 is 4.83. The fourth-order valence-electron chi connectivity index (χ4n) is 2.29. The molecule has 0 spiro atoms. The van der Waals surface area contributed by atoms with E-state index in [-0.39, 0.29) is 18.7 Å². The second kappa shape index (κ2) is 7.79. The van der Waals surface area contributed by atoms with Crippen molar-refractivity contribution < 1.29 is 14.3 Å². The number of carbonyl (C=O) groups is 2. The Labute approximate surface area is 140 Å². The van der Waals surface area contributed by atoms with Gasteiger partial charge in [0.2, 0.25) is 5.91 Å². The normalized spacial score (nSPS) is 14.9.